The summed E-state index contributed by atoms with van der Waals surface area (Å²) < 4.78 is 5.46. The van der Waals surface area contributed by atoms with E-state index in [0.717, 1.165) is 12.8 Å². The predicted molar refractivity (Wildman–Crippen MR) is 63.2 cm³/mol. The number of ether oxygens (including phenoxy) is 1. The van der Waals surface area contributed by atoms with Gasteiger partial charge in [0.1, 0.15) is 6.10 Å². The summed E-state index contributed by atoms with van der Waals surface area (Å²) in [6.07, 6.45) is 6.18. The molecule has 0 radical (unpaired) electrons. The van der Waals surface area contributed by atoms with Gasteiger partial charge in [-0.25, -0.2) is 4.79 Å². The van der Waals surface area contributed by atoms with Crippen LogP contribution in [0.3, 0.4) is 0 Å². The second-order valence-electron chi connectivity index (χ2n) is 4.22. The maximum atomic E-state index is 11.8. The summed E-state index contributed by atoms with van der Waals surface area (Å²) >= 11 is 0. The Morgan fingerprint density at radius 1 is 1.31 bits per heavy atom. The molecule has 1 aromatic carbocycles. The van der Waals surface area contributed by atoms with E-state index in [-0.39, 0.29) is 12.1 Å². The molecular formula is C14H16O2. The first-order valence-corrected chi connectivity index (χ1v) is 5.70. The van der Waals surface area contributed by atoms with Crippen LogP contribution in [0.25, 0.3) is 0 Å². The molecule has 0 spiro atoms. The normalized spacial score (nSPS) is 24.1. The van der Waals surface area contributed by atoms with Crippen LogP contribution in [0.2, 0.25) is 0 Å². The minimum Gasteiger partial charge on any atom is -0.454 e. The van der Waals surface area contributed by atoms with Crippen LogP contribution in [0.15, 0.2) is 42.5 Å². The van der Waals surface area contributed by atoms with E-state index >= 15 is 0 Å². The molecule has 2 heteroatoms. The highest BCUT2D eigenvalue weighted by molar-refractivity contribution is 5.89. The number of carbonyl (C=O) groups excluding carboxylic acids is 1. The van der Waals surface area contributed by atoms with Crippen molar-refractivity contribution in [1.29, 1.82) is 0 Å². The summed E-state index contributed by atoms with van der Waals surface area (Å²) in [7, 11) is 0. The van der Waals surface area contributed by atoms with E-state index in [1.165, 1.54) is 0 Å². The number of rotatable bonds is 2. The Balaban J connectivity index is 2.02. The van der Waals surface area contributed by atoms with Gasteiger partial charge >= 0.3 is 5.97 Å². The standard InChI is InChI=1S/C14H16O2/c1-11-7-5-6-10-13(11)16-14(15)12-8-3-2-4-9-12/h2-4,6,8-11,13H,5,7H2,1H3/t11-,13+/m0/s1. The van der Waals surface area contributed by atoms with Crippen LogP contribution in [0.1, 0.15) is 30.1 Å². The van der Waals surface area contributed by atoms with Gasteiger partial charge in [0.05, 0.1) is 5.56 Å². The maximum Gasteiger partial charge on any atom is 0.338 e. The Kier molecular flexibility index (Phi) is 3.40. The van der Waals surface area contributed by atoms with Gasteiger partial charge in [0.15, 0.2) is 0 Å². The number of carbonyl (C=O) groups is 1. The molecular weight excluding hydrogens is 200 g/mol. The molecule has 0 saturated heterocycles. The zero-order valence-corrected chi connectivity index (χ0v) is 9.43. The minimum atomic E-state index is -0.232. The fraction of sp³-hybridized carbons (Fsp3) is 0.357. The third kappa shape index (κ3) is 2.51. The zero-order chi connectivity index (χ0) is 11.4. The molecule has 84 valence electrons. The van der Waals surface area contributed by atoms with E-state index in [4.69, 9.17) is 4.74 Å². The van der Waals surface area contributed by atoms with Crippen LogP contribution >= 0.6 is 0 Å². The minimum absolute atomic E-state index is 0.0681. The van der Waals surface area contributed by atoms with E-state index in [0.29, 0.717) is 11.5 Å². The van der Waals surface area contributed by atoms with Gasteiger partial charge in [0, 0.05) is 0 Å². The van der Waals surface area contributed by atoms with Crippen molar-refractivity contribution in [2.45, 2.75) is 25.9 Å². The van der Waals surface area contributed by atoms with Gasteiger partial charge in [0.2, 0.25) is 0 Å². The molecule has 2 rings (SSSR count). The average Bonchev–Trinajstić information content (AvgIpc) is 2.33. The van der Waals surface area contributed by atoms with E-state index < -0.39 is 0 Å². The van der Waals surface area contributed by atoms with E-state index in [1.54, 1.807) is 12.1 Å². The highest BCUT2D eigenvalue weighted by atomic mass is 16.5. The van der Waals surface area contributed by atoms with Gasteiger partial charge < -0.3 is 4.74 Å². The Hall–Kier alpha value is -1.57. The highest BCUT2D eigenvalue weighted by Crippen LogP contribution is 2.21. The SMILES string of the molecule is C[C@H]1CCC=C[C@H]1OC(=O)c1ccccc1. The molecule has 0 aromatic heterocycles. The lowest BCUT2D eigenvalue weighted by Crippen LogP contribution is -2.25. The second-order valence-corrected chi connectivity index (χ2v) is 4.22. The third-order valence-electron chi connectivity index (χ3n) is 2.93. The summed E-state index contributed by atoms with van der Waals surface area (Å²) in [5.74, 6) is 0.182. The van der Waals surface area contributed by atoms with Crippen LogP contribution < -0.4 is 0 Å². The van der Waals surface area contributed by atoms with Gasteiger partial charge in [-0.15, -0.1) is 0 Å². The van der Waals surface area contributed by atoms with Crippen molar-refractivity contribution in [3.8, 4) is 0 Å². The molecule has 0 saturated carbocycles. The van der Waals surface area contributed by atoms with E-state index in [1.807, 2.05) is 24.3 Å². The van der Waals surface area contributed by atoms with Crippen molar-refractivity contribution in [2.24, 2.45) is 5.92 Å². The quantitative estimate of drug-likeness (QED) is 0.560. The van der Waals surface area contributed by atoms with Crippen molar-refractivity contribution >= 4 is 5.97 Å². The van der Waals surface area contributed by atoms with Crippen LogP contribution in [0.4, 0.5) is 0 Å². The number of benzene rings is 1. The first-order valence-electron chi connectivity index (χ1n) is 5.70. The molecule has 0 amide bonds. The van der Waals surface area contributed by atoms with Crippen LogP contribution in [-0.4, -0.2) is 12.1 Å². The topological polar surface area (TPSA) is 26.3 Å². The summed E-state index contributed by atoms with van der Waals surface area (Å²) in [4.78, 5) is 11.8. The van der Waals surface area contributed by atoms with Crippen molar-refractivity contribution < 1.29 is 9.53 Å². The smallest absolute Gasteiger partial charge is 0.338 e. The molecule has 1 aliphatic rings. The molecule has 0 unspecified atom stereocenters. The summed E-state index contributed by atoms with van der Waals surface area (Å²) in [6.45, 7) is 2.12. The maximum absolute atomic E-state index is 11.8. The predicted octanol–water partition coefficient (Wildman–Crippen LogP) is 3.20. The van der Waals surface area contributed by atoms with Gasteiger partial charge in [-0.05, 0) is 37.0 Å². The van der Waals surface area contributed by atoms with Gasteiger partial charge in [-0.1, -0.05) is 31.2 Å². The molecule has 1 aromatic rings. The Morgan fingerprint density at radius 2 is 2.06 bits per heavy atom. The number of hydrogen-bond donors (Lipinski definition) is 0. The van der Waals surface area contributed by atoms with E-state index in [9.17, 15) is 4.79 Å². The fourth-order valence-corrected chi connectivity index (χ4v) is 1.86. The lowest BCUT2D eigenvalue weighted by molar-refractivity contribution is 0.0271. The molecule has 0 aliphatic heterocycles. The van der Waals surface area contributed by atoms with Crippen molar-refractivity contribution in [3.63, 3.8) is 0 Å². The average molecular weight is 216 g/mol. The van der Waals surface area contributed by atoms with Crippen LogP contribution in [0, 0.1) is 5.92 Å². The molecule has 0 N–H and O–H groups in total. The number of esters is 1. The summed E-state index contributed by atoms with van der Waals surface area (Å²) in [5, 5.41) is 0. The van der Waals surface area contributed by atoms with Crippen molar-refractivity contribution in [1.82, 2.24) is 0 Å². The van der Waals surface area contributed by atoms with E-state index in [2.05, 4.69) is 13.0 Å². The molecule has 2 nitrogen and oxygen atoms in total. The Bertz CT molecular complexity index is 381. The zero-order valence-electron chi connectivity index (χ0n) is 9.43. The summed E-state index contributed by atoms with van der Waals surface area (Å²) in [6, 6.07) is 9.13. The number of allylic oxidation sites excluding steroid dienone is 1. The lowest BCUT2D eigenvalue weighted by Gasteiger charge is -2.24. The second kappa shape index (κ2) is 4.97. The van der Waals surface area contributed by atoms with Gasteiger partial charge in [0.25, 0.3) is 0 Å². The van der Waals surface area contributed by atoms with Gasteiger partial charge in [-0.3, -0.25) is 0 Å². The fourth-order valence-electron chi connectivity index (χ4n) is 1.86. The molecule has 0 bridgehead atoms. The molecule has 0 heterocycles. The Morgan fingerprint density at radius 3 is 2.75 bits per heavy atom. The molecule has 2 atom stereocenters. The lowest BCUT2D eigenvalue weighted by atomic mass is 9.93. The summed E-state index contributed by atoms with van der Waals surface area (Å²) in [5.41, 5.74) is 0.619. The first kappa shape index (κ1) is 10.9. The molecule has 1 aliphatic carbocycles. The number of hydrogen-bond acceptors (Lipinski definition) is 2. The first-order chi connectivity index (χ1) is 7.77. The van der Waals surface area contributed by atoms with Crippen LogP contribution in [-0.2, 0) is 4.74 Å². The largest absolute Gasteiger partial charge is 0.454 e. The van der Waals surface area contributed by atoms with Crippen molar-refractivity contribution in [2.75, 3.05) is 0 Å². The van der Waals surface area contributed by atoms with Crippen LogP contribution in [0.5, 0.6) is 0 Å². The highest BCUT2D eigenvalue weighted by Gasteiger charge is 2.21. The monoisotopic (exact) mass is 216 g/mol. The van der Waals surface area contributed by atoms with Crippen molar-refractivity contribution in [3.05, 3.63) is 48.0 Å². The molecule has 16 heavy (non-hydrogen) atoms. The third-order valence-corrected chi connectivity index (χ3v) is 2.93. The Labute approximate surface area is 95.9 Å². The van der Waals surface area contributed by atoms with Gasteiger partial charge in [-0.2, -0.15) is 0 Å². The molecule has 0 fully saturated rings.